The molecule has 0 atom stereocenters. The molecular weight excluding hydrogens is 178 g/mol. The molecule has 2 N–H and O–H groups in total. The fourth-order valence-corrected chi connectivity index (χ4v) is 1.96. The van der Waals surface area contributed by atoms with Gasteiger partial charge in [0.1, 0.15) is 6.29 Å². The predicted molar refractivity (Wildman–Crippen MR) is 56.0 cm³/mol. The van der Waals surface area contributed by atoms with E-state index in [-0.39, 0.29) is 5.54 Å². The van der Waals surface area contributed by atoms with Gasteiger partial charge in [-0.25, -0.2) is 0 Å². The normalized spacial score (nSPS) is 33.4. The molecule has 0 unspecified atom stereocenters. The largest absolute Gasteiger partial charge is 0.381 e. The minimum Gasteiger partial charge on any atom is -0.381 e. The summed E-state index contributed by atoms with van der Waals surface area (Å²) in [5.74, 6) is 0. The number of carbonyl (C=O) groups excluding carboxylic acids is 1. The summed E-state index contributed by atoms with van der Waals surface area (Å²) in [6, 6.07) is 0. The number of nitrogens with two attached hydrogens (primary N) is 1. The SMILES string of the molecule is COC1CCC(N)(CC=CC=O)CC1. The molecule has 80 valence electrons. The lowest BCUT2D eigenvalue weighted by Gasteiger charge is -2.35. The molecule has 0 aromatic rings. The van der Waals surface area contributed by atoms with E-state index in [9.17, 15) is 4.79 Å². The summed E-state index contributed by atoms with van der Waals surface area (Å²) >= 11 is 0. The molecular formula is C11H19NO2. The second kappa shape index (κ2) is 5.27. The van der Waals surface area contributed by atoms with Gasteiger partial charge in [-0.2, -0.15) is 0 Å². The maximum absolute atomic E-state index is 10.1. The zero-order valence-electron chi connectivity index (χ0n) is 8.74. The molecule has 0 heterocycles. The molecule has 3 heteroatoms. The van der Waals surface area contributed by atoms with Crippen molar-refractivity contribution in [3.8, 4) is 0 Å². The lowest BCUT2D eigenvalue weighted by molar-refractivity contribution is -0.104. The highest BCUT2D eigenvalue weighted by atomic mass is 16.5. The quantitative estimate of drug-likeness (QED) is 0.547. The maximum Gasteiger partial charge on any atom is 0.142 e. The first-order chi connectivity index (χ1) is 6.70. The second-order valence-corrected chi connectivity index (χ2v) is 4.07. The molecule has 0 spiro atoms. The fraction of sp³-hybridized carbons (Fsp3) is 0.727. The number of hydrogen-bond donors (Lipinski definition) is 1. The minimum absolute atomic E-state index is 0.117. The lowest BCUT2D eigenvalue weighted by atomic mass is 9.79. The first-order valence-electron chi connectivity index (χ1n) is 5.12. The van der Waals surface area contributed by atoms with Gasteiger partial charge in [0.15, 0.2) is 0 Å². The van der Waals surface area contributed by atoms with Gasteiger partial charge in [-0.05, 0) is 38.2 Å². The summed E-state index contributed by atoms with van der Waals surface area (Å²) in [7, 11) is 1.75. The topological polar surface area (TPSA) is 52.3 Å². The predicted octanol–water partition coefficient (Wildman–Crippen LogP) is 1.42. The Bertz CT molecular complexity index is 205. The van der Waals surface area contributed by atoms with Gasteiger partial charge >= 0.3 is 0 Å². The molecule has 0 aromatic heterocycles. The van der Waals surface area contributed by atoms with E-state index in [0.717, 1.165) is 38.4 Å². The van der Waals surface area contributed by atoms with Crippen LogP contribution in [0.3, 0.4) is 0 Å². The van der Waals surface area contributed by atoms with Gasteiger partial charge in [-0.1, -0.05) is 6.08 Å². The van der Waals surface area contributed by atoms with E-state index < -0.39 is 0 Å². The van der Waals surface area contributed by atoms with Crippen molar-refractivity contribution in [2.24, 2.45) is 5.73 Å². The molecule has 1 aliphatic carbocycles. The molecule has 0 amide bonds. The van der Waals surface area contributed by atoms with Crippen molar-refractivity contribution in [1.29, 1.82) is 0 Å². The highest BCUT2D eigenvalue weighted by molar-refractivity contribution is 5.64. The van der Waals surface area contributed by atoms with E-state index >= 15 is 0 Å². The third-order valence-corrected chi connectivity index (χ3v) is 3.00. The average molecular weight is 197 g/mol. The van der Waals surface area contributed by atoms with E-state index in [1.807, 2.05) is 6.08 Å². The first-order valence-corrected chi connectivity index (χ1v) is 5.12. The molecule has 1 rings (SSSR count). The Morgan fingerprint density at radius 2 is 2.14 bits per heavy atom. The summed E-state index contributed by atoms with van der Waals surface area (Å²) in [6.45, 7) is 0. The van der Waals surface area contributed by atoms with Crippen LogP contribution in [0, 0.1) is 0 Å². The van der Waals surface area contributed by atoms with Gasteiger partial charge < -0.3 is 10.5 Å². The lowest BCUT2D eigenvalue weighted by Crippen LogP contribution is -2.44. The van der Waals surface area contributed by atoms with Crippen LogP contribution in [0.15, 0.2) is 12.2 Å². The highest BCUT2D eigenvalue weighted by Crippen LogP contribution is 2.30. The van der Waals surface area contributed by atoms with Crippen molar-refractivity contribution in [3.05, 3.63) is 12.2 Å². The summed E-state index contributed by atoms with van der Waals surface area (Å²) in [6.07, 6.45) is 9.37. The van der Waals surface area contributed by atoms with Crippen LogP contribution in [0.4, 0.5) is 0 Å². The standard InChI is InChI=1S/C11H19NO2/c1-14-10-4-7-11(12,8-5-10)6-2-3-9-13/h2-3,9-10H,4-8,12H2,1H3. The summed E-state index contributed by atoms with van der Waals surface area (Å²) < 4.78 is 5.28. The van der Waals surface area contributed by atoms with Gasteiger partial charge in [0.05, 0.1) is 6.10 Å². The van der Waals surface area contributed by atoms with Crippen LogP contribution in [-0.4, -0.2) is 25.0 Å². The summed E-state index contributed by atoms with van der Waals surface area (Å²) in [4.78, 5) is 10.1. The Labute approximate surface area is 85.3 Å². The van der Waals surface area contributed by atoms with Crippen molar-refractivity contribution < 1.29 is 9.53 Å². The third kappa shape index (κ3) is 3.24. The zero-order chi connectivity index (χ0) is 10.4. The monoisotopic (exact) mass is 197 g/mol. The first kappa shape index (κ1) is 11.4. The Morgan fingerprint density at radius 3 is 2.64 bits per heavy atom. The molecule has 0 saturated heterocycles. The summed E-state index contributed by atoms with van der Waals surface area (Å²) in [5, 5.41) is 0. The molecule has 0 radical (unpaired) electrons. The van der Waals surface area contributed by atoms with Crippen LogP contribution in [0.2, 0.25) is 0 Å². The number of hydrogen-bond acceptors (Lipinski definition) is 3. The van der Waals surface area contributed by atoms with Gasteiger partial charge in [0.2, 0.25) is 0 Å². The average Bonchev–Trinajstić information content (AvgIpc) is 2.19. The minimum atomic E-state index is -0.117. The molecule has 0 aromatic carbocycles. The molecule has 1 saturated carbocycles. The highest BCUT2D eigenvalue weighted by Gasteiger charge is 2.30. The number of methoxy groups -OCH3 is 1. The maximum atomic E-state index is 10.1. The Morgan fingerprint density at radius 1 is 1.50 bits per heavy atom. The van der Waals surface area contributed by atoms with Crippen LogP contribution < -0.4 is 5.73 Å². The van der Waals surface area contributed by atoms with Crippen molar-refractivity contribution in [3.63, 3.8) is 0 Å². The Hall–Kier alpha value is -0.670. The second-order valence-electron chi connectivity index (χ2n) is 4.07. The molecule has 3 nitrogen and oxygen atoms in total. The van der Waals surface area contributed by atoms with E-state index in [4.69, 9.17) is 10.5 Å². The van der Waals surface area contributed by atoms with E-state index in [2.05, 4.69) is 0 Å². The van der Waals surface area contributed by atoms with Crippen LogP contribution in [-0.2, 0) is 9.53 Å². The number of rotatable bonds is 4. The number of allylic oxidation sites excluding steroid dienone is 1. The van der Waals surface area contributed by atoms with Crippen molar-refractivity contribution in [2.75, 3.05) is 7.11 Å². The van der Waals surface area contributed by atoms with Crippen LogP contribution >= 0.6 is 0 Å². The number of aldehydes is 1. The Balaban J connectivity index is 2.36. The van der Waals surface area contributed by atoms with Gasteiger partial charge in [-0.3, -0.25) is 4.79 Å². The molecule has 1 fully saturated rings. The van der Waals surface area contributed by atoms with Crippen LogP contribution in [0.1, 0.15) is 32.1 Å². The van der Waals surface area contributed by atoms with Crippen LogP contribution in [0.5, 0.6) is 0 Å². The molecule has 1 aliphatic rings. The van der Waals surface area contributed by atoms with Gasteiger partial charge in [-0.15, -0.1) is 0 Å². The van der Waals surface area contributed by atoms with Crippen LogP contribution in [0.25, 0.3) is 0 Å². The molecule has 14 heavy (non-hydrogen) atoms. The van der Waals surface area contributed by atoms with Crippen molar-refractivity contribution in [1.82, 2.24) is 0 Å². The van der Waals surface area contributed by atoms with E-state index in [1.54, 1.807) is 7.11 Å². The zero-order valence-corrected chi connectivity index (χ0v) is 8.74. The number of carbonyl (C=O) groups is 1. The Kier molecular flexibility index (Phi) is 4.29. The van der Waals surface area contributed by atoms with Gasteiger partial charge in [0, 0.05) is 12.6 Å². The van der Waals surface area contributed by atoms with E-state index in [1.165, 1.54) is 6.08 Å². The fourth-order valence-electron chi connectivity index (χ4n) is 1.96. The van der Waals surface area contributed by atoms with E-state index in [0.29, 0.717) is 6.10 Å². The van der Waals surface area contributed by atoms with Crippen molar-refractivity contribution in [2.45, 2.75) is 43.7 Å². The smallest absolute Gasteiger partial charge is 0.142 e. The third-order valence-electron chi connectivity index (χ3n) is 3.00. The molecule has 0 bridgehead atoms. The van der Waals surface area contributed by atoms with Gasteiger partial charge in [0.25, 0.3) is 0 Å². The summed E-state index contributed by atoms with van der Waals surface area (Å²) in [5.41, 5.74) is 6.08. The molecule has 0 aliphatic heterocycles. The van der Waals surface area contributed by atoms with Crippen molar-refractivity contribution >= 4 is 6.29 Å². The number of ether oxygens (including phenoxy) is 1.